The average molecular weight is 469 g/mol. The maximum absolute atomic E-state index is 12.1. The fraction of sp³-hybridized carbons (Fsp3) is 0.185. The van der Waals surface area contributed by atoms with Crippen LogP contribution in [0.15, 0.2) is 72.9 Å². The van der Waals surface area contributed by atoms with E-state index in [-0.39, 0.29) is 10.6 Å². The molecule has 8 heteroatoms. The van der Waals surface area contributed by atoms with E-state index in [0.717, 1.165) is 16.4 Å². The molecular weight excluding hydrogens is 444 g/mol. The number of aromatic nitrogens is 3. The van der Waals surface area contributed by atoms with Gasteiger partial charge < -0.3 is 13.9 Å². The van der Waals surface area contributed by atoms with Crippen molar-refractivity contribution < 1.29 is 14.5 Å². The Morgan fingerprint density at radius 3 is 2.60 bits per heavy atom. The minimum absolute atomic E-state index is 0.0118. The summed E-state index contributed by atoms with van der Waals surface area (Å²) < 4.78 is 8.78. The van der Waals surface area contributed by atoms with Crippen molar-refractivity contribution in [2.24, 2.45) is 5.92 Å². The summed E-state index contributed by atoms with van der Waals surface area (Å²) in [5.74, 6) is 0.454. The Bertz CT molecular complexity index is 1600. The fourth-order valence-corrected chi connectivity index (χ4v) is 4.52. The van der Waals surface area contributed by atoms with Crippen LogP contribution in [0.25, 0.3) is 39.0 Å². The lowest BCUT2D eigenvalue weighted by Gasteiger charge is -2.16. The van der Waals surface area contributed by atoms with Crippen molar-refractivity contribution in [3.8, 4) is 17.1 Å². The van der Waals surface area contributed by atoms with Gasteiger partial charge in [0.1, 0.15) is 11.5 Å². The van der Waals surface area contributed by atoms with E-state index in [1.54, 1.807) is 18.2 Å². The molecule has 0 bridgehead atoms. The summed E-state index contributed by atoms with van der Waals surface area (Å²) in [5.41, 5.74) is 3.81. The van der Waals surface area contributed by atoms with Gasteiger partial charge in [-0.2, -0.15) is 0 Å². The molecule has 0 unspecified atom stereocenters. The van der Waals surface area contributed by atoms with Crippen molar-refractivity contribution in [1.82, 2.24) is 14.1 Å². The topological polar surface area (TPSA) is 92.2 Å². The molecule has 35 heavy (non-hydrogen) atoms. The third kappa shape index (κ3) is 3.82. The third-order valence-corrected chi connectivity index (χ3v) is 6.01. The Morgan fingerprint density at radius 1 is 1.06 bits per heavy atom. The molecule has 176 valence electrons. The van der Waals surface area contributed by atoms with Crippen molar-refractivity contribution in [3.05, 3.63) is 88.6 Å². The second-order valence-corrected chi connectivity index (χ2v) is 8.81. The molecule has 5 rings (SSSR count). The van der Waals surface area contributed by atoms with Gasteiger partial charge in [-0.15, -0.1) is 0 Å². The fourth-order valence-electron chi connectivity index (χ4n) is 4.52. The Labute approximate surface area is 201 Å². The molecule has 2 heterocycles. The molecule has 0 saturated carbocycles. The number of methoxy groups -OCH3 is 1. The quantitative estimate of drug-likeness (QED) is 0.173. The predicted molar refractivity (Wildman–Crippen MR) is 135 cm³/mol. The summed E-state index contributed by atoms with van der Waals surface area (Å²) >= 11 is 0. The van der Waals surface area contributed by atoms with E-state index in [2.05, 4.69) is 18.4 Å². The van der Waals surface area contributed by atoms with Crippen LogP contribution in [0.1, 0.15) is 24.2 Å². The van der Waals surface area contributed by atoms with Crippen molar-refractivity contribution in [3.63, 3.8) is 0 Å². The van der Waals surface area contributed by atoms with Crippen LogP contribution in [-0.4, -0.2) is 32.1 Å². The van der Waals surface area contributed by atoms with Crippen molar-refractivity contribution >= 4 is 33.6 Å². The van der Waals surface area contributed by atoms with E-state index in [0.29, 0.717) is 40.6 Å². The largest absolute Gasteiger partial charge is 0.465 e. The number of nitrogens with zero attached hydrogens (tertiary/aromatic N) is 4. The number of rotatable bonds is 6. The monoisotopic (exact) mass is 468 g/mol. The first-order valence-corrected chi connectivity index (χ1v) is 11.3. The van der Waals surface area contributed by atoms with Crippen LogP contribution in [0.2, 0.25) is 0 Å². The smallest absolute Gasteiger partial charge is 0.337 e. The first kappa shape index (κ1) is 22.3. The van der Waals surface area contributed by atoms with E-state index in [9.17, 15) is 14.9 Å². The van der Waals surface area contributed by atoms with E-state index in [1.807, 2.05) is 53.2 Å². The number of carbonyl (C=O) groups excluding carboxylic acids is 1. The molecule has 0 saturated heterocycles. The number of fused-ring (bicyclic) bond motifs is 2. The van der Waals surface area contributed by atoms with Gasteiger partial charge in [0.15, 0.2) is 0 Å². The zero-order chi connectivity index (χ0) is 24.7. The first-order chi connectivity index (χ1) is 16.9. The Kier molecular flexibility index (Phi) is 5.56. The third-order valence-electron chi connectivity index (χ3n) is 6.01. The number of hydrogen-bond donors (Lipinski definition) is 0. The van der Waals surface area contributed by atoms with Gasteiger partial charge in [0.05, 0.1) is 34.1 Å². The number of imidazole rings is 1. The summed E-state index contributed by atoms with van der Waals surface area (Å²) in [6, 6.07) is 20.0. The molecule has 0 radical (unpaired) electrons. The summed E-state index contributed by atoms with van der Waals surface area (Å²) in [4.78, 5) is 28.8. The lowest BCUT2D eigenvalue weighted by atomic mass is 10.1. The zero-order valence-corrected chi connectivity index (χ0v) is 19.6. The van der Waals surface area contributed by atoms with Gasteiger partial charge in [-0.25, -0.2) is 9.78 Å². The molecule has 0 fully saturated rings. The lowest BCUT2D eigenvalue weighted by molar-refractivity contribution is -0.384. The van der Waals surface area contributed by atoms with Crippen LogP contribution in [0.4, 0.5) is 5.69 Å². The molecule has 0 spiro atoms. The number of ether oxygens (including phenoxy) is 1. The number of carbonyl (C=O) groups is 1. The molecule has 0 N–H and O–H groups in total. The van der Waals surface area contributed by atoms with Gasteiger partial charge in [0, 0.05) is 24.4 Å². The number of para-hydroxylation sites is 2. The summed E-state index contributed by atoms with van der Waals surface area (Å²) in [6.45, 7) is 4.86. The van der Waals surface area contributed by atoms with Gasteiger partial charge >= 0.3 is 5.97 Å². The molecule has 8 nitrogen and oxygen atoms in total. The highest BCUT2D eigenvalue weighted by Crippen LogP contribution is 2.37. The highest BCUT2D eigenvalue weighted by atomic mass is 16.6. The van der Waals surface area contributed by atoms with Crippen LogP contribution >= 0.6 is 0 Å². The molecule has 0 amide bonds. The van der Waals surface area contributed by atoms with Crippen LogP contribution in [0.5, 0.6) is 0 Å². The summed E-state index contributed by atoms with van der Waals surface area (Å²) in [7, 11) is 1.34. The molecule has 3 aromatic carbocycles. The van der Waals surface area contributed by atoms with Crippen LogP contribution < -0.4 is 0 Å². The molecule has 5 aromatic rings. The van der Waals surface area contributed by atoms with Crippen molar-refractivity contribution in [2.75, 3.05) is 7.11 Å². The van der Waals surface area contributed by atoms with E-state index < -0.39 is 5.97 Å². The van der Waals surface area contributed by atoms with Crippen LogP contribution in [0, 0.1) is 16.0 Å². The number of nitro groups is 1. The number of hydrogen-bond acceptors (Lipinski definition) is 5. The Hall–Kier alpha value is -4.46. The molecule has 2 aromatic heterocycles. The molecule has 0 aliphatic heterocycles. The zero-order valence-electron chi connectivity index (χ0n) is 19.6. The second kappa shape index (κ2) is 8.72. The maximum Gasteiger partial charge on any atom is 0.337 e. The minimum atomic E-state index is -0.443. The Morgan fingerprint density at radius 2 is 1.86 bits per heavy atom. The second-order valence-electron chi connectivity index (χ2n) is 8.81. The van der Waals surface area contributed by atoms with Gasteiger partial charge in [-0.3, -0.25) is 10.1 Å². The normalized spacial score (nSPS) is 11.4. The highest BCUT2D eigenvalue weighted by Gasteiger charge is 2.25. The Balaban J connectivity index is 1.83. The summed E-state index contributed by atoms with van der Waals surface area (Å²) in [5, 5.41) is 13.1. The van der Waals surface area contributed by atoms with Gasteiger partial charge in [-0.1, -0.05) is 38.1 Å². The number of nitro benzene ring substituents is 1. The van der Waals surface area contributed by atoms with Crippen LogP contribution in [0.3, 0.4) is 0 Å². The van der Waals surface area contributed by atoms with E-state index in [1.165, 1.54) is 13.2 Å². The average Bonchev–Trinajstić information content (AvgIpc) is 3.44. The van der Waals surface area contributed by atoms with E-state index >= 15 is 0 Å². The number of esters is 1. The first-order valence-electron chi connectivity index (χ1n) is 11.3. The highest BCUT2D eigenvalue weighted by molar-refractivity contribution is 5.95. The minimum Gasteiger partial charge on any atom is -0.465 e. The van der Waals surface area contributed by atoms with Crippen molar-refractivity contribution in [2.45, 2.75) is 20.4 Å². The van der Waals surface area contributed by atoms with Gasteiger partial charge in [0.2, 0.25) is 0 Å². The molecular formula is C27H24N4O4. The SMILES string of the molecule is COC(=O)c1ccc2c(c1)nc(-c1cccc([N+](=O)[O-])c1-n1ccc3ccccc31)n2CC(C)C. The number of benzene rings is 3. The molecule has 0 aliphatic rings. The standard InChI is InChI=1S/C27H24N4O4/c1-17(2)16-30-23-12-11-19(27(32)35-3)15-21(23)28-26(30)20-8-6-10-24(31(33)34)25(20)29-14-13-18-7-4-5-9-22(18)29/h4-15,17H,16H2,1-3H3. The molecule has 0 atom stereocenters. The molecule has 0 aliphatic carbocycles. The lowest BCUT2D eigenvalue weighted by Crippen LogP contribution is -2.09. The van der Waals surface area contributed by atoms with Gasteiger partial charge in [-0.05, 0) is 47.7 Å². The van der Waals surface area contributed by atoms with Crippen LogP contribution in [-0.2, 0) is 11.3 Å². The van der Waals surface area contributed by atoms with Gasteiger partial charge in [0.25, 0.3) is 5.69 Å². The maximum atomic E-state index is 12.1. The predicted octanol–water partition coefficient (Wildman–Crippen LogP) is 6.00. The summed E-state index contributed by atoms with van der Waals surface area (Å²) in [6.07, 6.45) is 1.85. The van der Waals surface area contributed by atoms with E-state index in [4.69, 9.17) is 9.72 Å². The van der Waals surface area contributed by atoms with Crippen molar-refractivity contribution in [1.29, 1.82) is 0 Å².